The van der Waals surface area contributed by atoms with Gasteiger partial charge in [-0.15, -0.1) is 11.3 Å². The zero-order valence-corrected chi connectivity index (χ0v) is 18.3. The summed E-state index contributed by atoms with van der Waals surface area (Å²) in [5.41, 5.74) is 15.5. The Labute approximate surface area is 185 Å². The molecule has 1 aliphatic heterocycles. The maximum Gasteiger partial charge on any atom is 0.275 e. The van der Waals surface area contributed by atoms with E-state index in [9.17, 15) is 4.79 Å². The molecule has 5 N–H and O–H groups in total. The Morgan fingerprint density at radius 2 is 2.29 bits per heavy atom. The Hall–Kier alpha value is -2.95. The van der Waals surface area contributed by atoms with E-state index in [1.165, 1.54) is 11.3 Å². The van der Waals surface area contributed by atoms with Crippen LogP contribution in [0.2, 0.25) is 0 Å². The fourth-order valence-corrected chi connectivity index (χ4v) is 4.41. The molecule has 0 aliphatic carbocycles. The summed E-state index contributed by atoms with van der Waals surface area (Å²) < 4.78 is 6.87. The molecule has 1 aliphatic rings. The number of ether oxygens (including phenoxy) is 1. The van der Waals surface area contributed by atoms with Crippen molar-refractivity contribution in [1.82, 2.24) is 14.8 Å². The summed E-state index contributed by atoms with van der Waals surface area (Å²) in [6.45, 7) is 2.89. The first-order chi connectivity index (χ1) is 15.0. The molecule has 10 heteroatoms. The number of anilines is 3. The zero-order valence-electron chi connectivity index (χ0n) is 17.5. The third-order valence-corrected chi connectivity index (χ3v) is 6.10. The summed E-state index contributed by atoms with van der Waals surface area (Å²) in [6, 6.07) is 5.68. The van der Waals surface area contributed by atoms with E-state index in [4.69, 9.17) is 16.2 Å². The Balaban J connectivity index is 1.50. The topological polar surface area (TPSA) is 124 Å². The highest BCUT2D eigenvalue weighted by Gasteiger charge is 2.21. The second-order valence-corrected chi connectivity index (χ2v) is 8.46. The van der Waals surface area contributed by atoms with Crippen LogP contribution in [0.4, 0.5) is 17.1 Å². The number of nitrogens with two attached hydrogens (primary N) is 2. The molecule has 0 unspecified atom stereocenters. The van der Waals surface area contributed by atoms with Crippen molar-refractivity contribution in [2.75, 3.05) is 42.8 Å². The molecule has 4 rings (SSSR count). The maximum absolute atomic E-state index is 12.9. The van der Waals surface area contributed by atoms with Crippen molar-refractivity contribution in [1.29, 1.82) is 0 Å². The first kappa shape index (κ1) is 21.3. The molecule has 0 spiro atoms. The number of methoxy groups -OCH3 is 1. The van der Waals surface area contributed by atoms with Crippen LogP contribution in [0.5, 0.6) is 0 Å². The second kappa shape index (κ2) is 9.46. The number of rotatable bonds is 7. The van der Waals surface area contributed by atoms with E-state index >= 15 is 0 Å². The fourth-order valence-electron chi connectivity index (χ4n) is 3.64. The van der Waals surface area contributed by atoms with E-state index in [1.807, 2.05) is 18.3 Å². The van der Waals surface area contributed by atoms with Gasteiger partial charge in [0.25, 0.3) is 5.91 Å². The lowest BCUT2D eigenvalue weighted by atomic mass is 10.1. The van der Waals surface area contributed by atoms with Gasteiger partial charge in [-0.2, -0.15) is 5.10 Å². The van der Waals surface area contributed by atoms with Crippen LogP contribution in [0.3, 0.4) is 0 Å². The number of carbonyl (C=O) groups excluding carboxylic acids is 1. The lowest BCUT2D eigenvalue weighted by Gasteiger charge is -2.34. The van der Waals surface area contributed by atoms with Crippen LogP contribution < -0.4 is 21.7 Å². The quantitative estimate of drug-likeness (QED) is 0.481. The van der Waals surface area contributed by atoms with Crippen LogP contribution in [0.15, 0.2) is 36.0 Å². The SMILES string of the molecule is COCCn1cc(-c2nc(C(=O)Nc3cc(N)ccc3N3CCC[C@@H](N)C3)cs2)cn1. The molecule has 0 bridgehead atoms. The van der Waals surface area contributed by atoms with Crippen LogP contribution in [0.1, 0.15) is 23.3 Å². The lowest BCUT2D eigenvalue weighted by Crippen LogP contribution is -2.43. The van der Waals surface area contributed by atoms with E-state index in [0.717, 1.165) is 42.2 Å². The third-order valence-electron chi connectivity index (χ3n) is 5.21. The molecule has 1 amide bonds. The predicted molar refractivity (Wildman–Crippen MR) is 123 cm³/mol. The Bertz CT molecular complexity index is 1050. The van der Waals surface area contributed by atoms with Crippen LogP contribution in [0.25, 0.3) is 10.6 Å². The van der Waals surface area contributed by atoms with Crippen molar-refractivity contribution >= 4 is 34.3 Å². The molecule has 9 nitrogen and oxygen atoms in total. The molecule has 2 aromatic heterocycles. The molecule has 3 aromatic rings. The fraction of sp³-hybridized carbons (Fsp3) is 0.381. The summed E-state index contributed by atoms with van der Waals surface area (Å²) in [6.07, 6.45) is 5.67. The van der Waals surface area contributed by atoms with Gasteiger partial charge >= 0.3 is 0 Å². The Kier molecular flexibility index (Phi) is 6.50. The summed E-state index contributed by atoms with van der Waals surface area (Å²) >= 11 is 1.41. The van der Waals surface area contributed by atoms with Gasteiger partial charge in [-0.05, 0) is 31.0 Å². The van der Waals surface area contributed by atoms with Gasteiger partial charge < -0.3 is 26.4 Å². The van der Waals surface area contributed by atoms with Gasteiger partial charge in [-0.1, -0.05) is 0 Å². The molecule has 0 saturated carbocycles. The minimum atomic E-state index is -0.276. The summed E-state index contributed by atoms with van der Waals surface area (Å²) in [5.74, 6) is -0.276. The minimum Gasteiger partial charge on any atom is -0.399 e. The number of hydrogen-bond donors (Lipinski definition) is 3. The van der Waals surface area contributed by atoms with Crippen molar-refractivity contribution in [3.8, 4) is 10.6 Å². The monoisotopic (exact) mass is 441 g/mol. The molecule has 1 saturated heterocycles. The molecule has 1 fully saturated rings. The number of amides is 1. The second-order valence-electron chi connectivity index (χ2n) is 7.60. The lowest BCUT2D eigenvalue weighted by molar-refractivity contribution is 0.102. The van der Waals surface area contributed by atoms with Gasteiger partial charge in [0, 0.05) is 49.1 Å². The average molecular weight is 442 g/mol. The Morgan fingerprint density at radius 1 is 1.42 bits per heavy atom. The van der Waals surface area contributed by atoms with Gasteiger partial charge in [0.2, 0.25) is 0 Å². The van der Waals surface area contributed by atoms with Crippen molar-refractivity contribution in [2.24, 2.45) is 5.73 Å². The van der Waals surface area contributed by atoms with E-state index in [1.54, 1.807) is 29.4 Å². The molecule has 0 radical (unpaired) electrons. The number of benzene rings is 1. The largest absolute Gasteiger partial charge is 0.399 e. The number of nitrogens with one attached hydrogen (secondary N) is 1. The average Bonchev–Trinajstić information content (AvgIpc) is 3.42. The first-order valence-electron chi connectivity index (χ1n) is 10.2. The van der Waals surface area contributed by atoms with Gasteiger partial charge in [-0.25, -0.2) is 4.98 Å². The molecule has 1 atom stereocenters. The highest BCUT2D eigenvalue weighted by molar-refractivity contribution is 7.13. The first-order valence-corrected chi connectivity index (χ1v) is 11.1. The number of thiazole rings is 1. The number of nitrogen functional groups attached to an aromatic ring is 1. The third kappa shape index (κ3) is 5.04. The number of aromatic nitrogens is 3. The number of piperidine rings is 1. The summed E-state index contributed by atoms with van der Waals surface area (Å²) in [5, 5.41) is 9.78. The van der Waals surface area contributed by atoms with Crippen LogP contribution >= 0.6 is 11.3 Å². The van der Waals surface area contributed by atoms with Crippen LogP contribution in [-0.2, 0) is 11.3 Å². The van der Waals surface area contributed by atoms with Crippen molar-refractivity contribution in [2.45, 2.75) is 25.4 Å². The highest BCUT2D eigenvalue weighted by Crippen LogP contribution is 2.31. The number of nitrogens with zero attached hydrogens (tertiary/aromatic N) is 4. The highest BCUT2D eigenvalue weighted by atomic mass is 32.1. The summed E-state index contributed by atoms with van der Waals surface area (Å²) in [4.78, 5) is 19.6. The minimum absolute atomic E-state index is 0.126. The van der Waals surface area contributed by atoms with Crippen molar-refractivity contribution in [3.63, 3.8) is 0 Å². The van der Waals surface area contributed by atoms with Gasteiger partial charge in [0.1, 0.15) is 10.7 Å². The summed E-state index contributed by atoms with van der Waals surface area (Å²) in [7, 11) is 1.65. The molecular weight excluding hydrogens is 414 g/mol. The molecule has 1 aromatic carbocycles. The van der Waals surface area contributed by atoms with Crippen molar-refractivity contribution in [3.05, 3.63) is 41.7 Å². The number of hydrogen-bond acceptors (Lipinski definition) is 8. The van der Waals surface area contributed by atoms with Crippen LogP contribution in [-0.4, -0.2) is 53.5 Å². The van der Waals surface area contributed by atoms with Gasteiger partial charge in [0.05, 0.1) is 30.7 Å². The van der Waals surface area contributed by atoms with Crippen molar-refractivity contribution < 1.29 is 9.53 Å². The van der Waals surface area contributed by atoms with E-state index in [0.29, 0.717) is 30.2 Å². The van der Waals surface area contributed by atoms with E-state index in [2.05, 4.69) is 20.3 Å². The predicted octanol–water partition coefficient (Wildman–Crippen LogP) is 2.42. The van der Waals surface area contributed by atoms with Gasteiger partial charge in [-0.3, -0.25) is 9.48 Å². The normalized spacial score (nSPS) is 16.5. The maximum atomic E-state index is 12.9. The molecular formula is C21H27N7O2S. The molecule has 31 heavy (non-hydrogen) atoms. The van der Waals surface area contributed by atoms with Crippen LogP contribution in [0, 0.1) is 0 Å². The number of carbonyl (C=O) groups is 1. The molecule has 3 heterocycles. The van der Waals surface area contributed by atoms with E-state index in [-0.39, 0.29) is 11.9 Å². The Morgan fingerprint density at radius 3 is 3.10 bits per heavy atom. The standard InChI is InChI=1S/C21H27N7O2S/c1-30-8-7-28-11-14(10-24-28)21-26-18(13-31-21)20(29)25-17-9-15(22)4-5-19(17)27-6-2-3-16(23)12-27/h4-5,9-11,13,16H,2-3,6-8,12,22-23H2,1H3,(H,25,29)/t16-/m1/s1. The smallest absolute Gasteiger partial charge is 0.275 e. The van der Waals surface area contributed by atoms with Gasteiger partial charge in [0.15, 0.2) is 0 Å². The van der Waals surface area contributed by atoms with E-state index < -0.39 is 0 Å². The zero-order chi connectivity index (χ0) is 21.8. The molecule has 164 valence electrons.